The molecule has 3 rings (SSSR count). The molecule has 2 fully saturated rings. The first-order valence-corrected chi connectivity index (χ1v) is 7.75. The van der Waals surface area contributed by atoms with Crippen LogP contribution in [0.3, 0.4) is 0 Å². The summed E-state index contributed by atoms with van der Waals surface area (Å²) < 4.78 is 16.2. The number of rotatable bonds is 6. The lowest BCUT2D eigenvalue weighted by Gasteiger charge is -2.23. The molecule has 23 heavy (non-hydrogen) atoms. The number of halogens is 1. The number of benzene rings is 1. The summed E-state index contributed by atoms with van der Waals surface area (Å²) in [5.41, 5.74) is 0.717. The molecule has 2 aliphatic rings. The minimum Gasteiger partial charge on any atom is -0.468 e. The van der Waals surface area contributed by atoms with Gasteiger partial charge in [0.25, 0.3) is 0 Å². The van der Waals surface area contributed by atoms with Gasteiger partial charge >= 0.3 is 5.97 Å². The average molecular weight is 342 g/mol. The van der Waals surface area contributed by atoms with E-state index in [-0.39, 0.29) is 24.3 Å². The molecule has 0 aromatic heterocycles. The molecule has 2 atom stereocenters. The molecule has 5 nitrogen and oxygen atoms in total. The molecule has 0 radical (unpaired) electrons. The Morgan fingerprint density at radius 1 is 1.39 bits per heavy atom. The first kappa shape index (κ1) is 18.2. The van der Waals surface area contributed by atoms with Crippen LogP contribution in [0.2, 0.25) is 0 Å². The monoisotopic (exact) mass is 341 g/mol. The second-order valence-corrected chi connectivity index (χ2v) is 6.13. The highest BCUT2D eigenvalue weighted by atomic mass is 35.5. The van der Waals surface area contributed by atoms with Crippen molar-refractivity contribution in [2.24, 2.45) is 11.3 Å². The summed E-state index contributed by atoms with van der Waals surface area (Å²) in [6.07, 6.45) is 0. The Morgan fingerprint density at radius 2 is 2.17 bits per heavy atom. The normalized spacial score (nSPS) is 26.6. The van der Waals surface area contributed by atoms with Crippen molar-refractivity contribution < 1.29 is 19.0 Å². The van der Waals surface area contributed by atoms with Crippen molar-refractivity contribution in [1.29, 1.82) is 0 Å². The molecule has 0 unspecified atom stereocenters. The molecular weight excluding hydrogens is 318 g/mol. The third-order valence-electron chi connectivity index (χ3n) is 4.70. The van der Waals surface area contributed by atoms with Crippen LogP contribution in [-0.4, -0.2) is 57.4 Å². The maximum Gasteiger partial charge on any atom is 0.315 e. The van der Waals surface area contributed by atoms with Gasteiger partial charge in [-0.25, -0.2) is 0 Å². The summed E-state index contributed by atoms with van der Waals surface area (Å²) in [6, 6.07) is 10.1. The van der Waals surface area contributed by atoms with Crippen molar-refractivity contribution in [3.05, 3.63) is 35.9 Å². The lowest BCUT2D eigenvalue weighted by Crippen LogP contribution is -2.40. The van der Waals surface area contributed by atoms with Crippen LogP contribution in [0.25, 0.3) is 0 Å². The fraction of sp³-hybridized carbons (Fsp3) is 0.588. The van der Waals surface area contributed by atoms with Crippen LogP contribution in [-0.2, 0) is 25.6 Å². The minimum absolute atomic E-state index is 0. The van der Waals surface area contributed by atoms with E-state index in [1.165, 1.54) is 12.7 Å². The predicted molar refractivity (Wildman–Crippen MR) is 88.5 cm³/mol. The Bertz CT molecular complexity index is 513. The van der Waals surface area contributed by atoms with Gasteiger partial charge in [0.15, 0.2) is 0 Å². The largest absolute Gasteiger partial charge is 0.468 e. The smallest absolute Gasteiger partial charge is 0.315 e. The molecular formula is C17H24ClNO4. The van der Waals surface area contributed by atoms with E-state index >= 15 is 0 Å². The standard InChI is InChI=1S/C17H23NO4.ClH/c1-20-16(19)17-12-18(9-15(17)11-22-13-17)7-8-21-10-14-5-3-2-4-6-14;/h2-6,15H,7-13H2,1H3;1H/t15-,17-;/m0./s1. The number of hydrogen-bond acceptors (Lipinski definition) is 5. The van der Waals surface area contributed by atoms with E-state index < -0.39 is 5.41 Å². The molecule has 128 valence electrons. The van der Waals surface area contributed by atoms with Gasteiger partial charge in [-0.3, -0.25) is 9.69 Å². The molecule has 2 saturated heterocycles. The number of hydrogen-bond donors (Lipinski definition) is 0. The lowest BCUT2D eigenvalue weighted by atomic mass is 9.81. The lowest BCUT2D eigenvalue weighted by molar-refractivity contribution is -0.153. The topological polar surface area (TPSA) is 48.0 Å². The zero-order valence-corrected chi connectivity index (χ0v) is 14.2. The number of likely N-dealkylation sites (tertiary alicyclic amines) is 1. The summed E-state index contributed by atoms with van der Waals surface area (Å²) in [5, 5.41) is 0. The summed E-state index contributed by atoms with van der Waals surface area (Å²) in [6.45, 7) is 4.84. The van der Waals surface area contributed by atoms with Crippen molar-refractivity contribution in [2.75, 3.05) is 46.6 Å². The van der Waals surface area contributed by atoms with Gasteiger partial charge < -0.3 is 14.2 Å². The maximum atomic E-state index is 12.1. The van der Waals surface area contributed by atoms with Crippen molar-refractivity contribution in [2.45, 2.75) is 6.61 Å². The van der Waals surface area contributed by atoms with Crippen LogP contribution in [0.4, 0.5) is 0 Å². The Kier molecular flexibility index (Phi) is 6.41. The Balaban J connectivity index is 0.00000192. The van der Waals surface area contributed by atoms with Gasteiger partial charge in [-0.15, -0.1) is 12.4 Å². The maximum absolute atomic E-state index is 12.1. The zero-order valence-electron chi connectivity index (χ0n) is 13.4. The van der Waals surface area contributed by atoms with E-state index in [1.807, 2.05) is 18.2 Å². The van der Waals surface area contributed by atoms with Crippen molar-refractivity contribution in [3.8, 4) is 0 Å². The van der Waals surface area contributed by atoms with Crippen LogP contribution in [0, 0.1) is 11.3 Å². The van der Waals surface area contributed by atoms with E-state index in [2.05, 4.69) is 17.0 Å². The van der Waals surface area contributed by atoms with Gasteiger partial charge in [0.05, 0.1) is 33.5 Å². The van der Waals surface area contributed by atoms with Gasteiger partial charge in [-0.2, -0.15) is 0 Å². The molecule has 0 aliphatic carbocycles. The van der Waals surface area contributed by atoms with Gasteiger partial charge in [0, 0.05) is 25.6 Å². The number of esters is 1. The number of carbonyl (C=O) groups excluding carboxylic acids is 1. The van der Waals surface area contributed by atoms with Gasteiger partial charge in [-0.05, 0) is 5.56 Å². The van der Waals surface area contributed by atoms with Crippen molar-refractivity contribution in [1.82, 2.24) is 4.90 Å². The highest BCUT2D eigenvalue weighted by Crippen LogP contribution is 2.42. The highest BCUT2D eigenvalue weighted by molar-refractivity contribution is 5.85. The van der Waals surface area contributed by atoms with E-state index in [0.717, 1.165) is 13.1 Å². The SMILES string of the molecule is COC(=O)[C@@]12COC[C@@H]1CN(CCOCc1ccccc1)C2.Cl. The first-order chi connectivity index (χ1) is 10.7. The van der Waals surface area contributed by atoms with Gasteiger partial charge in [-0.1, -0.05) is 30.3 Å². The summed E-state index contributed by atoms with van der Waals surface area (Å²) in [5.74, 6) is 0.108. The van der Waals surface area contributed by atoms with Gasteiger partial charge in [0.2, 0.25) is 0 Å². The third kappa shape index (κ3) is 3.86. The minimum atomic E-state index is -0.464. The fourth-order valence-corrected chi connectivity index (χ4v) is 3.46. The van der Waals surface area contributed by atoms with Crippen LogP contribution in [0.1, 0.15) is 5.56 Å². The third-order valence-corrected chi connectivity index (χ3v) is 4.70. The Hall–Kier alpha value is -1.14. The van der Waals surface area contributed by atoms with E-state index in [9.17, 15) is 4.79 Å². The van der Waals surface area contributed by atoms with Crippen LogP contribution < -0.4 is 0 Å². The summed E-state index contributed by atoms with van der Waals surface area (Å²) in [7, 11) is 1.46. The molecule has 0 bridgehead atoms. The van der Waals surface area contributed by atoms with Crippen LogP contribution >= 0.6 is 12.4 Å². The Morgan fingerprint density at radius 3 is 2.91 bits per heavy atom. The molecule has 0 spiro atoms. The van der Waals surface area contributed by atoms with Crippen molar-refractivity contribution >= 4 is 18.4 Å². The number of fused-ring (bicyclic) bond motifs is 1. The highest BCUT2D eigenvalue weighted by Gasteiger charge is 2.56. The number of ether oxygens (including phenoxy) is 3. The number of nitrogens with zero attached hydrogens (tertiary/aromatic N) is 1. The van der Waals surface area contributed by atoms with Gasteiger partial charge in [0.1, 0.15) is 5.41 Å². The average Bonchev–Trinajstić information content (AvgIpc) is 3.09. The zero-order chi connectivity index (χ0) is 15.4. The van der Waals surface area contributed by atoms with E-state index in [4.69, 9.17) is 14.2 Å². The van der Waals surface area contributed by atoms with Crippen LogP contribution in [0.15, 0.2) is 30.3 Å². The molecule has 6 heteroatoms. The first-order valence-electron chi connectivity index (χ1n) is 7.75. The van der Waals surface area contributed by atoms with Crippen LogP contribution in [0.5, 0.6) is 0 Å². The Labute approximate surface area is 143 Å². The quantitative estimate of drug-likeness (QED) is 0.583. The number of carbonyl (C=O) groups is 1. The molecule has 1 aromatic carbocycles. The molecule has 0 N–H and O–H groups in total. The molecule has 0 amide bonds. The second-order valence-electron chi connectivity index (χ2n) is 6.13. The predicted octanol–water partition coefficient (Wildman–Crippen LogP) is 1.75. The number of methoxy groups -OCH3 is 1. The molecule has 2 heterocycles. The molecule has 1 aromatic rings. The summed E-state index contributed by atoms with van der Waals surface area (Å²) >= 11 is 0. The second kappa shape index (κ2) is 8.11. The molecule has 2 aliphatic heterocycles. The molecule has 0 saturated carbocycles. The fourth-order valence-electron chi connectivity index (χ4n) is 3.46. The summed E-state index contributed by atoms with van der Waals surface area (Å²) in [4.78, 5) is 14.4. The van der Waals surface area contributed by atoms with E-state index in [0.29, 0.717) is 33.0 Å². The van der Waals surface area contributed by atoms with Crippen molar-refractivity contribution in [3.63, 3.8) is 0 Å². The van der Waals surface area contributed by atoms with E-state index in [1.54, 1.807) is 0 Å².